The van der Waals surface area contributed by atoms with Gasteiger partial charge < -0.3 is 19.7 Å². The largest absolute Gasteiger partial charge is 0.490 e. The lowest BCUT2D eigenvalue weighted by atomic mass is 10.1. The van der Waals surface area contributed by atoms with Crippen LogP contribution < -0.4 is 10.1 Å². The summed E-state index contributed by atoms with van der Waals surface area (Å²) in [5.74, 6) is 0.659. The number of para-hydroxylation sites is 1. The maximum atomic E-state index is 12.6. The Morgan fingerprint density at radius 3 is 2.95 bits per heavy atom. The zero-order chi connectivity index (χ0) is 14.4. The summed E-state index contributed by atoms with van der Waals surface area (Å²) in [4.78, 5) is 14.5. The van der Waals surface area contributed by atoms with Gasteiger partial charge in [0.15, 0.2) is 0 Å². The van der Waals surface area contributed by atoms with Gasteiger partial charge in [-0.25, -0.2) is 0 Å². The maximum Gasteiger partial charge on any atom is 0.257 e. The molecule has 0 aromatic heterocycles. The number of carbonyl (C=O) groups excluding carboxylic acids is 1. The summed E-state index contributed by atoms with van der Waals surface area (Å²) in [6.07, 6.45) is 0. The van der Waals surface area contributed by atoms with E-state index >= 15 is 0 Å². The number of benzene rings is 1. The highest BCUT2D eigenvalue weighted by Gasteiger charge is 2.23. The molecule has 1 unspecified atom stereocenters. The summed E-state index contributed by atoms with van der Waals surface area (Å²) >= 11 is 0. The average molecular weight is 278 g/mol. The van der Waals surface area contributed by atoms with E-state index in [1.54, 1.807) is 7.11 Å². The van der Waals surface area contributed by atoms with Crippen LogP contribution in [0.15, 0.2) is 24.3 Å². The van der Waals surface area contributed by atoms with Crippen LogP contribution in [0.2, 0.25) is 0 Å². The second-order valence-corrected chi connectivity index (χ2v) is 4.94. The molecule has 1 heterocycles. The predicted octanol–water partition coefficient (Wildman–Crippen LogP) is 1.15. The van der Waals surface area contributed by atoms with Crippen molar-refractivity contribution in [3.8, 4) is 5.75 Å². The molecule has 110 valence electrons. The van der Waals surface area contributed by atoms with Crippen molar-refractivity contribution in [1.82, 2.24) is 10.2 Å². The fourth-order valence-corrected chi connectivity index (χ4v) is 2.29. The van der Waals surface area contributed by atoms with Crippen LogP contribution in [0.25, 0.3) is 0 Å². The highest BCUT2D eigenvalue weighted by molar-refractivity contribution is 5.97. The molecule has 0 saturated carbocycles. The minimum Gasteiger partial charge on any atom is -0.490 e. The number of ether oxygens (including phenoxy) is 2. The zero-order valence-corrected chi connectivity index (χ0v) is 12.1. The fraction of sp³-hybridized carbons (Fsp3) is 0.533. The summed E-state index contributed by atoms with van der Waals surface area (Å²) in [7, 11) is 1.63. The van der Waals surface area contributed by atoms with Crippen LogP contribution in [0.4, 0.5) is 0 Å². The minimum absolute atomic E-state index is 0.0337. The lowest BCUT2D eigenvalue weighted by Crippen LogP contribution is -2.51. The van der Waals surface area contributed by atoms with Crippen molar-refractivity contribution < 1.29 is 14.3 Å². The van der Waals surface area contributed by atoms with Crippen molar-refractivity contribution in [2.24, 2.45) is 0 Å². The molecular weight excluding hydrogens is 256 g/mol. The molecule has 0 spiro atoms. The van der Waals surface area contributed by atoms with E-state index < -0.39 is 0 Å². The van der Waals surface area contributed by atoms with Crippen LogP contribution in [-0.4, -0.2) is 56.8 Å². The van der Waals surface area contributed by atoms with E-state index in [-0.39, 0.29) is 5.91 Å². The second kappa shape index (κ2) is 7.26. The van der Waals surface area contributed by atoms with Crippen LogP contribution in [0.3, 0.4) is 0 Å². The van der Waals surface area contributed by atoms with Gasteiger partial charge in [0.05, 0.1) is 12.2 Å². The number of amides is 1. The molecule has 1 aliphatic rings. The Labute approximate surface area is 119 Å². The third-order valence-electron chi connectivity index (χ3n) is 3.32. The first-order valence-electron chi connectivity index (χ1n) is 6.96. The molecule has 0 radical (unpaired) electrons. The molecule has 5 nitrogen and oxygen atoms in total. The van der Waals surface area contributed by atoms with Crippen molar-refractivity contribution in [1.29, 1.82) is 0 Å². The van der Waals surface area contributed by atoms with Crippen LogP contribution in [-0.2, 0) is 4.74 Å². The number of nitrogens with zero attached hydrogens (tertiary/aromatic N) is 1. The van der Waals surface area contributed by atoms with Crippen molar-refractivity contribution >= 4 is 5.91 Å². The lowest BCUT2D eigenvalue weighted by molar-refractivity contribution is 0.0702. The summed E-state index contributed by atoms with van der Waals surface area (Å²) in [5.41, 5.74) is 0.623. The second-order valence-electron chi connectivity index (χ2n) is 4.94. The average Bonchev–Trinajstić information content (AvgIpc) is 2.47. The number of carbonyl (C=O) groups is 1. The van der Waals surface area contributed by atoms with E-state index in [4.69, 9.17) is 9.47 Å². The Morgan fingerprint density at radius 1 is 1.40 bits per heavy atom. The molecule has 1 fully saturated rings. The van der Waals surface area contributed by atoms with E-state index in [1.807, 2.05) is 29.2 Å². The van der Waals surface area contributed by atoms with Gasteiger partial charge in [-0.1, -0.05) is 12.1 Å². The molecule has 20 heavy (non-hydrogen) atoms. The van der Waals surface area contributed by atoms with Crippen molar-refractivity contribution in [2.45, 2.75) is 13.0 Å². The number of nitrogens with one attached hydrogen (secondary N) is 1. The van der Waals surface area contributed by atoms with E-state index in [1.165, 1.54) is 0 Å². The quantitative estimate of drug-likeness (QED) is 0.821. The van der Waals surface area contributed by atoms with Gasteiger partial charge in [-0.05, 0) is 19.1 Å². The number of hydrogen-bond donors (Lipinski definition) is 1. The summed E-state index contributed by atoms with van der Waals surface area (Å²) < 4.78 is 10.6. The van der Waals surface area contributed by atoms with Crippen LogP contribution >= 0.6 is 0 Å². The first-order valence-corrected chi connectivity index (χ1v) is 6.96. The van der Waals surface area contributed by atoms with Crippen LogP contribution in [0.5, 0.6) is 5.75 Å². The molecule has 0 bridgehead atoms. The molecule has 1 N–H and O–H groups in total. The van der Waals surface area contributed by atoms with E-state index in [9.17, 15) is 4.79 Å². The summed E-state index contributed by atoms with van der Waals surface area (Å²) in [6, 6.07) is 7.71. The summed E-state index contributed by atoms with van der Waals surface area (Å²) in [5, 5.41) is 3.33. The first-order chi connectivity index (χ1) is 9.72. The molecule has 1 aliphatic heterocycles. The Morgan fingerprint density at radius 2 is 2.20 bits per heavy atom. The van der Waals surface area contributed by atoms with Gasteiger partial charge in [0.2, 0.25) is 0 Å². The number of piperazine rings is 1. The molecule has 1 aromatic carbocycles. The monoisotopic (exact) mass is 278 g/mol. The van der Waals surface area contributed by atoms with Crippen LogP contribution in [0.1, 0.15) is 17.3 Å². The highest BCUT2D eigenvalue weighted by atomic mass is 16.5. The smallest absolute Gasteiger partial charge is 0.257 e. The Kier molecular flexibility index (Phi) is 5.38. The van der Waals surface area contributed by atoms with Gasteiger partial charge in [-0.3, -0.25) is 4.79 Å². The van der Waals surface area contributed by atoms with Crippen molar-refractivity contribution in [3.63, 3.8) is 0 Å². The third kappa shape index (κ3) is 3.71. The molecule has 5 heteroatoms. The number of hydrogen-bond acceptors (Lipinski definition) is 4. The molecule has 1 saturated heterocycles. The normalized spacial score (nSPS) is 18.9. The fourth-order valence-electron chi connectivity index (χ4n) is 2.29. The Balaban J connectivity index is 2.08. The van der Waals surface area contributed by atoms with Crippen molar-refractivity contribution in [3.05, 3.63) is 29.8 Å². The molecule has 1 atom stereocenters. The van der Waals surface area contributed by atoms with Gasteiger partial charge >= 0.3 is 0 Å². The zero-order valence-electron chi connectivity index (χ0n) is 12.1. The standard InChI is InChI=1S/C15H22N2O3/c1-12-11-17(8-7-16-12)15(18)13-5-3-4-6-14(13)20-10-9-19-2/h3-6,12,16H,7-11H2,1-2H3. The molecule has 0 aliphatic carbocycles. The molecule has 1 amide bonds. The topological polar surface area (TPSA) is 50.8 Å². The highest BCUT2D eigenvalue weighted by Crippen LogP contribution is 2.20. The third-order valence-corrected chi connectivity index (χ3v) is 3.32. The van der Waals surface area contributed by atoms with Crippen molar-refractivity contribution in [2.75, 3.05) is 40.0 Å². The van der Waals surface area contributed by atoms with Gasteiger partial charge in [0.1, 0.15) is 12.4 Å². The van der Waals surface area contributed by atoms with Gasteiger partial charge in [0.25, 0.3) is 5.91 Å². The maximum absolute atomic E-state index is 12.6. The molecule has 2 rings (SSSR count). The van der Waals surface area contributed by atoms with Gasteiger partial charge in [0, 0.05) is 32.8 Å². The van der Waals surface area contributed by atoms with E-state index in [0.717, 1.165) is 19.6 Å². The lowest BCUT2D eigenvalue weighted by Gasteiger charge is -2.32. The number of methoxy groups -OCH3 is 1. The van der Waals surface area contributed by atoms with Gasteiger partial charge in [-0.2, -0.15) is 0 Å². The van der Waals surface area contributed by atoms with Gasteiger partial charge in [-0.15, -0.1) is 0 Å². The Bertz CT molecular complexity index is 450. The predicted molar refractivity (Wildman–Crippen MR) is 77.2 cm³/mol. The molecular formula is C15H22N2O3. The minimum atomic E-state index is 0.0337. The first kappa shape index (κ1) is 14.8. The summed E-state index contributed by atoms with van der Waals surface area (Å²) in [6.45, 7) is 5.33. The Hall–Kier alpha value is -1.59. The SMILES string of the molecule is COCCOc1ccccc1C(=O)N1CCNC(C)C1. The molecule has 1 aromatic rings. The van der Waals surface area contributed by atoms with E-state index in [0.29, 0.717) is 30.6 Å². The number of rotatable bonds is 5. The van der Waals surface area contributed by atoms with Crippen LogP contribution in [0, 0.1) is 0 Å². The van der Waals surface area contributed by atoms with E-state index in [2.05, 4.69) is 12.2 Å².